The van der Waals surface area contributed by atoms with Gasteiger partial charge in [0.05, 0.1) is 5.52 Å². The molecule has 1 aliphatic rings. The number of hydrogen-bond acceptors (Lipinski definition) is 3. The van der Waals surface area contributed by atoms with Gasteiger partial charge in [-0.05, 0) is 31.4 Å². The zero-order valence-corrected chi connectivity index (χ0v) is 9.26. The lowest BCUT2D eigenvalue weighted by Crippen LogP contribution is -2.30. The van der Waals surface area contributed by atoms with E-state index >= 15 is 0 Å². The molecule has 0 spiro atoms. The van der Waals surface area contributed by atoms with Crippen molar-refractivity contribution in [3.05, 3.63) is 24.4 Å². The van der Waals surface area contributed by atoms with Crippen molar-refractivity contribution in [1.82, 2.24) is 9.61 Å². The van der Waals surface area contributed by atoms with E-state index in [4.69, 9.17) is 5.73 Å². The molecule has 0 radical (unpaired) electrons. The summed E-state index contributed by atoms with van der Waals surface area (Å²) < 4.78 is 1.86. The van der Waals surface area contributed by atoms with E-state index in [-0.39, 0.29) is 0 Å². The van der Waals surface area contributed by atoms with Gasteiger partial charge in [-0.3, -0.25) is 0 Å². The fourth-order valence-electron chi connectivity index (χ4n) is 2.34. The number of nitrogens with zero attached hydrogens (tertiary/aromatic N) is 3. The average Bonchev–Trinajstić information content (AvgIpc) is 2.69. The highest BCUT2D eigenvalue weighted by molar-refractivity contribution is 5.81. The number of aromatic nitrogens is 2. The minimum atomic E-state index is 0.808. The number of nitrogens with two attached hydrogens (primary N) is 1. The zero-order valence-electron chi connectivity index (χ0n) is 9.26. The van der Waals surface area contributed by atoms with E-state index in [1.807, 2.05) is 28.9 Å². The van der Waals surface area contributed by atoms with E-state index in [1.165, 1.54) is 19.3 Å². The van der Waals surface area contributed by atoms with Crippen molar-refractivity contribution in [3.63, 3.8) is 0 Å². The minimum absolute atomic E-state index is 0.808. The highest BCUT2D eigenvalue weighted by Crippen LogP contribution is 2.28. The zero-order chi connectivity index (χ0) is 11.0. The normalized spacial score (nSPS) is 16.9. The molecular formula is C12H16N4. The second kappa shape index (κ2) is 3.70. The first-order valence-corrected chi connectivity index (χ1v) is 5.84. The summed E-state index contributed by atoms with van der Waals surface area (Å²) in [5, 5.41) is 4.55. The first-order valence-electron chi connectivity index (χ1n) is 5.84. The van der Waals surface area contributed by atoms with Crippen LogP contribution in [0.25, 0.3) is 5.52 Å². The van der Waals surface area contributed by atoms with E-state index in [9.17, 15) is 0 Å². The van der Waals surface area contributed by atoms with Crippen molar-refractivity contribution in [2.45, 2.75) is 19.3 Å². The fraction of sp³-hybridized carbons (Fsp3) is 0.417. The summed E-state index contributed by atoms with van der Waals surface area (Å²) in [6.07, 6.45) is 5.75. The molecule has 0 saturated carbocycles. The number of nitrogen functional groups attached to an aromatic ring is 1. The van der Waals surface area contributed by atoms with Crippen LogP contribution in [0.15, 0.2) is 24.4 Å². The van der Waals surface area contributed by atoms with Crippen LogP contribution in [0.3, 0.4) is 0 Å². The number of anilines is 2. The molecule has 16 heavy (non-hydrogen) atoms. The summed E-state index contributed by atoms with van der Waals surface area (Å²) in [4.78, 5) is 2.30. The highest BCUT2D eigenvalue weighted by Gasteiger charge is 2.18. The van der Waals surface area contributed by atoms with E-state index in [1.54, 1.807) is 0 Å². The Balaban J connectivity index is 2.05. The van der Waals surface area contributed by atoms with Gasteiger partial charge in [-0.1, -0.05) is 6.07 Å². The molecule has 0 unspecified atom stereocenters. The van der Waals surface area contributed by atoms with Gasteiger partial charge in [0, 0.05) is 19.3 Å². The molecule has 0 aliphatic carbocycles. The molecular weight excluding hydrogens is 200 g/mol. The van der Waals surface area contributed by atoms with Crippen molar-refractivity contribution in [1.29, 1.82) is 0 Å². The molecule has 3 heterocycles. The molecule has 2 aromatic rings. The monoisotopic (exact) mass is 216 g/mol. The summed E-state index contributed by atoms with van der Waals surface area (Å²) >= 11 is 0. The second-order valence-electron chi connectivity index (χ2n) is 4.32. The van der Waals surface area contributed by atoms with Crippen LogP contribution < -0.4 is 10.6 Å². The number of rotatable bonds is 1. The lowest BCUT2D eigenvalue weighted by molar-refractivity contribution is 0.572. The number of hydrogen-bond donors (Lipinski definition) is 1. The molecule has 0 bridgehead atoms. The largest absolute Gasteiger partial charge is 0.394 e. The molecule has 1 fully saturated rings. The molecule has 4 nitrogen and oxygen atoms in total. The van der Waals surface area contributed by atoms with Crippen LogP contribution in [0.5, 0.6) is 0 Å². The lowest BCUT2D eigenvalue weighted by Gasteiger charge is -2.26. The summed E-state index contributed by atoms with van der Waals surface area (Å²) in [5.41, 5.74) is 7.96. The summed E-state index contributed by atoms with van der Waals surface area (Å²) in [6, 6.07) is 5.97. The van der Waals surface area contributed by atoms with Crippen molar-refractivity contribution in [3.8, 4) is 0 Å². The Kier molecular flexibility index (Phi) is 2.20. The molecule has 3 rings (SSSR count). The predicted molar refractivity (Wildman–Crippen MR) is 65.7 cm³/mol. The second-order valence-corrected chi connectivity index (χ2v) is 4.32. The van der Waals surface area contributed by atoms with Crippen LogP contribution in [-0.2, 0) is 0 Å². The maximum absolute atomic E-state index is 6.14. The Morgan fingerprint density at radius 1 is 1.12 bits per heavy atom. The van der Waals surface area contributed by atoms with Crippen LogP contribution in [0, 0.1) is 0 Å². The average molecular weight is 216 g/mol. The molecule has 4 heteroatoms. The van der Waals surface area contributed by atoms with Crippen molar-refractivity contribution in [2.24, 2.45) is 0 Å². The van der Waals surface area contributed by atoms with Crippen molar-refractivity contribution in [2.75, 3.05) is 23.7 Å². The lowest BCUT2D eigenvalue weighted by atomic mass is 10.1. The third-order valence-electron chi connectivity index (χ3n) is 3.21. The molecule has 84 valence electrons. The van der Waals surface area contributed by atoms with Crippen molar-refractivity contribution >= 4 is 17.0 Å². The van der Waals surface area contributed by atoms with Crippen molar-refractivity contribution < 1.29 is 0 Å². The van der Waals surface area contributed by atoms with Gasteiger partial charge in [-0.2, -0.15) is 0 Å². The smallest absolute Gasteiger partial charge is 0.174 e. The summed E-state index contributed by atoms with van der Waals surface area (Å²) in [5.74, 6) is 0.950. The summed E-state index contributed by atoms with van der Waals surface area (Å²) in [6.45, 7) is 2.15. The Labute approximate surface area is 94.7 Å². The van der Waals surface area contributed by atoms with Gasteiger partial charge >= 0.3 is 0 Å². The number of pyridine rings is 1. The molecule has 1 aliphatic heterocycles. The first kappa shape index (κ1) is 9.51. The van der Waals surface area contributed by atoms with E-state index in [0.29, 0.717) is 0 Å². The summed E-state index contributed by atoms with van der Waals surface area (Å²) in [7, 11) is 0. The molecule has 0 atom stereocenters. The topological polar surface area (TPSA) is 46.6 Å². The van der Waals surface area contributed by atoms with Crippen LogP contribution in [0.4, 0.5) is 11.5 Å². The molecule has 0 aromatic carbocycles. The highest BCUT2D eigenvalue weighted by atomic mass is 15.3. The third kappa shape index (κ3) is 1.41. The van der Waals surface area contributed by atoms with Gasteiger partial charge in [-0.15, -0.1) is 5.10 Å². The van der Waals surface area contributed by atoms with Gasteiger partial charge in [-0.25, -0.2) is 4.52 Å². The van der Waals surface area contributed by atoms with Crippen LogP contribution in [0.2, 0.25) is 0 Å². The SMILES string of the molecule is Nc1c(N2CCCCC2)nn2ccccc12. The Morgan fingerprint density at radius 3 is 2.69 bits per heavy atom. The number of fused-ring (bicyclic) bond motifs is 1. The first-order chi connectivity index (χ1) is 7.86. The quantitative estimate of drug-likeness (QED) is 0.792. The van der Waals surface area contributed by atoms with Gasteiger partial charge in [0.25, 0.3) is 0 Å². The third-order valence-corrected chi connectivity index (χ3v) is 3.21. The predicted octanol–water partition coefficient (Wildman–Crippen LogP) is 1.91. The van der Waals surface area contributed by atoms with Gasteiger partial charge < -0.3 is 10.6 Å². The molecule has 2 N–H and O–H groups in total. The molecule has 1 saturated heterocycles. The fourth-order valence-corrected chi connectivity index (χ4v) is 2.34. The Morgan fingerprint density at radius 2 is 1.94 bits per heavy atom. The Hall–Kier alpha value is -1.71. The van der Waals surface area contributed by atoms with Crippen LogP contribution >= 0.6 is 0 Å². The number of piperidine rings is 1. The molecule has 0 amide bonds. The molecule has 2 aromatic heterocycles. The van der Waals surface area contributed by atoms with E-state index in [2.05, 4.69) is 10.00 Å². The maximum Gasteiger partial charge on any atom is 0.174 e. The standard InChI is InChI=1S/C12H16N4/c13-11-10-6-2-5-9-16(10)14-12(11)15-7-3-1-4-8-15/h2,5-6,9H,1,3-4,7-8,13H2. The van der Waals surface area contributed by atoms with Gasteiger partial charge in [0.1, 0.15) is 5.69 Å². The van der Waals surface area contributed by atoms with Gasteiger partial charge in [0.2, 0.25) is 0 Å². The maximum atomic E-state index is 6.14. The van der Waals surface area contributed by atoms with Crippen LogP contribution in [0.1, 0.15) is 19.3 Å². The minimum Gasteiger partial charge on any atom is -0.394 e. The van der Waals surface area contributed by atoms with Gasteiger partial charge in [0.15, 0.2) is 5.82 Å². The van der Waals surface area contributed by atoms with E-state index < -0.39 is 0 Å². The van der Waals surface area contributed by atoms with Crippen LogP contribution in [-0.4, -0.2) is 22.7 Å². The van der Waals surface area contributed by atoms with E-state index in [0.717, 1.165) is 30.1 Å². The Bertz CT molecular complexity index is 497.